The molecule has 0 amide bonds. The Bertz CT molecular complexity index is 270. The summed E-state index contributed by atoms with van der Waals surface area (Å²) in [5.41, 5.74) is 0. The van der Waals surface area contributed by atoms with E-state index in [2.05, 4.69) is 22.6 Å². The molecule has 0 saturated carbocycles. The van der Waals surface area contributed by atoms with Crippen LogP contribution in [0, 0.1) is 0 Å². The number of aliphatic hydroxyl groups excluding tert-OH is 2. The lowest BCUT2D eigenvalue weighted by molar-refractivity contribution is -0.132. The van der Waals surface area contributed by atoms with E-state index < -0.39 is 18.1 Å². The van der Waals surface area contributed by atoms with Crippen LogP contribution in [0.5, 0.6) is 0 Å². The second-order valence-corrected chi connectivity index (χ2v) is 2.48. The van der Waals surface area contributed by atoms with Crippen molar-refractivity contribution in [3.05, 3.63) is 25.3 Å². The Hall–Kier alpha value is -2.39. The molecule has 0 atom stereocenters. The molecular weight excluding hydrogens is 276 g/mol. The van der Waals surface area contributed by atoms with Gasteiger partial charge in [0.2, 0.25) is 0 Å². The number of carbonyl (C=O) groups is 3. The molecule has 1 fully saturated rings. The van der Waals surface area contributed by atoms with Gasteiger partial charge in [-0.25, -0.2) is 14.4 Å². The van der Waals surface area contributed by atoms with Gasteiger partial charge in [0.05, 0.1) is 13.2 Å². The summed E-state index contributed by atoms with van der Waals surface area (Å²) in [6, 6.07) is 0. The minimum atomic E-state index is -0.981. The van der Waals surface area contributed by atoms with E-state index in [1.54, 1.807) is 0 Å². The van der Waals surface area contributed by atoms with Crippen LogP contribution < -0.4 is 0 Å². The molecule has 0 aromatic heterocycles. The average Bonchev–Trinajstić information content (AvgIpc) is 2.91. The second kappa shape index (κ2) is 19.0. The number of hydrogen-bond donors (Lipinski definition) is 4. The Labute approximate surface area is 115 Å². The number of aliphatic carboxylic acids is 2. The van der Waals surface area contributed by atoms with Crippen molar-refractivity contribution in [2.45, 2.75) is 0 Å². The molecule has 1 heterocycles. The Kier molecular flexibility index (Phi) is 21.6. The zero-order valence-electron chi connectivity index (χ0n) is 10.7. The first-order chi connectivity index (χ1) is 9.35. The van der Waals surface area contributed by atoms with Gasteiger partial charge in [-0.15, -0.1) is 0 Å². The van der Waals surface area contributed by atoms with E-state index in [1.165, 1.54) is 0 Å². The third-order valence-corrected chi connectivity index (χ3v) is 0.972. The Balaban J connectivity index is -0.000000195. The van der Waals surface area contributed by atoms with Gasteiger partial charge < -0.3 is 29.9 Å². The number of carboxylic acid groups (broad SMARTS) is 2. The molecule has 0 aromatic rings. The zero-order valence-corrected chi connectivity index (χ0v) is 10.7. The fraction of sp³-hybridized carbons (Fsp3) is 0.364. The van der Waals surface area contributed by atoms with Gasteiger partial charge in [-0.05, 0) is 0 Å². The maximum Gasteiger partial charge on any atom is 0.508 e. The minimum absolute atomic E-state index is 0.125. The fourth-order valence-corrected chi connectivity index (χ4v) is 0.292. The molecule has 0 radical (unpaired) electrons. The summed E-state index contributed by atoms with van der Waals surface area (Å²) in [5, 5.41) is 30.5. The fourth-order valence-electron chi connectivity index (χ4n) is 0.292. The summed E-state index contributed by atoms with van der Waals surface area (Å²) in [6.07, 6.45) is 1.12. The number of hydrogen-bond acceptors (Lipinski definition) is 7. The molecule has 1 rings (SSSR count). The topological polar surface area (TPSA) is 151 Å². The quantitative estimate of drug-likeness (QED) is 0.404. The lowest BCUT2D eigenvalue weighted by atomic mass is 10.7. The van der Waals surface area contributed by atoms with E-state index in [0.29, 0.717) is 13.2 Å². The van der Waals surface area contributed by atoms with Crippen molar-refractivity contribution in [1.29, 1.82) is 0 Å². The molecule has 1 aliphatic heterocycles. The molecule has 20 heavy (non-hydrogen) atoms. The van der Waals surface area contributed by atoms with E-state index in [-0.39, 0.29) is 13.2 Å². The maximum absolute atomic E-state index is 9.80. The number of aliphatic hydroxyl groups is 2. The predicted molar refractivity (Wildman–Crippen MR) is 67.1 cm³/mol. The first-order valence-corrected chi connectivity index (χ1v) is 5.07. The van der Waals surface area contributed by atoms with Crippen LogP contribution in [-0.4, -0.2) is 64.9 Å². The zero-order chi connectivity index (χ0) is 16.4. The van der Waals surface area contributed by atoms with Gasteiger partial charge in [0.25, 0.3) is 0 Å². The van der Waals surface area contributed by atoms with E-state index in [1.807, 2.05) is 0 Å². The van der Waals surface area contributed by atoms with Gasteiger partial charge in [0.1, 0.15) is 13.2 Å². The maximum atomic E-state index is 9.80. The molecule has 1 aliphatic rings. The normalized spacial score (nSPS) is 10.6. The third kappa shape index (κ3) is 36.1. The number of ether oxygens (including phenoxy) is 2. The van der Waals surface area contributed by atoms with Crippen LogP contribution in [0.2, 0.25) is 0 Å². The van der Waals surface area contributed by atoms with Crippen LogP contribution in [0.15, 0.2) is 25.3 Å². The Morgan fingerprint density at radius 3 is 1.30 bits per heavy atom. The van der Waals surface area contributed by atoms with Crippen LogP contribution in [-0.2, 0) is 19.1 Å². The van der Waals surface area contributed by atoms with E-state index >= 15 is 0 Å². The van der Waals surface area contributed by atoms with E-state index in [4.69, 9.17) is 20.4 Å². The highest BCUT2D eigenvalue weighted by atomic mass is 16.8. The molecule has 9 heteroatoms. The van der Waals surface area contributed by atoms with Crippen molar-refractivity contribution in [1.82, 2.24) is 0 Å². The van der Waals surface area contributed by atoms with Crippen LogP contribution in [0.4, 0.5) is 4.79 Å². The third-order valence-electron chi connectivity index (χ3n) is 0.972. The average molecular weight is 294 g/mol. The van der Waals surface area contributed by atoms with Crippen molar-refractivity contribution in [3.8, 4) is 0 Å². The largest absolute Gasteiger partial charge is 0.508 e. The highest BCUT2D eigenvalue weighted by Gasteiger charge is 2.09. The second-order valence-electron chi connectivity index (χ2n) is 2.48. The first kappa shape index (κ1) is 22.8. The van der Waals surface area contributed by atoms with Crippen LogP contribution in [0.1, 0.15) is 0 Å². The molecule has 0 spiro atoms. The molecule has 0 aliphatic carbocycles. The highest BCUT2D eigenvalue weighted by Crippen LogP contribution is 1.92. The van der Waals surface area contributed by atoms with Gasteiger partial charge in [-0.1, -0.05) is 13.2 Å². The lowest BCUT2D eigenvalue weighted by Crippen LogP contribution is -1.88. The first-order valence-electron chi connectivity index (χ1n) is 5.07. The summed E-state index contributed by atoms with van der Waals surface area (Å²) in [7, 11) is 0. The summed E-state index contributed by atoms with van der Waals surface area (Å²) in [5.74, 6) is -1.96. The molecule has 0 bridgehead atoms. The van der Waals surface area contributed by atoms with Gasteiger partial charge in [0.15, 0.2) is 0 Å². The number of carbonyl (C=O) groups excluding carboxylic acids is 1. The van der Waals surface area contributed by atoms with E-state index in [9.17, 15) is 14.4 Å². The molecule has 4 N–H and O–H groups in total. The standard InChI is InChI=1S/C3H4O3.2C3H4O2.C2H6O2/c4-3-5-1-2-6-3;2*1-2-3(4)5;3-1-2-4/h1-2H2;2*2H,1H2,(H,4,5);3-4H,1-2H2. The summed E-state index contributed by atoms with van der Waals surface area (Å²) >= 11 is 0. The molecule has 9 nitrogen and oxygen atoms in total. The van der Waals surface area contributed by atoms with Crippen molar-refractivity contribution in [2.75, 3.05) is 26.4 Å². The van der Waals surface area contributed by atoms with Crippen molar-refractivity contribution in [2.24, 2.45) is 0 Å². The van der Waals surface area contributed by atoms with Crippen LogP contribution >= 0.6 is 0 Å². The highest BCUT2D eigenvalue weighted by molar-refractivity contribution is 5.79. The summed E-state index contributed by atoms with van der Waals surface area (Å²) < 4.78 is 8.58. The van der Waals surface area contributed by atoms with Gasteiger partial charge in [-0.3, -0.25) is 0 Å². The molecule has 116 valence electrons. The molecule has 0 unspecified atom stereocenters. The Morgan fingerprint density at radius 1 is 1.00 bits per heavy atom. The van der Waals surface area contributed by atoms with Crippen LogP contribution in [0.3, 0.4) is 0 Å². The monoisotopic (exact) mass is 294 g/mol. The molecule has 1 saturated heterocycles. The van der Waals surface area contributed by atoms with E-state index in [0.717, 1.165) is 12.2 Å². The van der Waals surface area contributed by atoms with Crippen molar-refractivity contribution < 1.29 is 44.3 Å². The SMILES string of the molecule is C=CC(=O)O.C=CC(=O)O.O=C1OCCO1.OCCO. The molecule has 0 aromatic carbocycles. The smallest absolute Gasteiger partial charge is 0.478 e. The van der Waals surface area contributed by atoms with Crippen LogP contribution in [0.25, 0.3) is 0 Å². The van der Waals surface area contributed by atoms with Gasteiger partial charge in [-0.2, -0.15) is 0 Å². The summed E-state index contributed by atoms with van der Waals surface area (Å²) in [4.78, 5) is 28.3. The number of rotatable bonds is 3. The Morgan fingerprint density at radius 2 is 1.25 bits per heavy atom. The molecular formula is C11H18O9. The van der Waals surface area contributed by atoms with Crippen molar-refractivity contribution in [3.63, 3.8) is 0 Å². The van der Waals surface area contributed by atoms with Gasteiger partial charge in [0, 0.05) is 12.2 Å². The van der Waals surface area contributed by atoms with Gasteiger partial charge >= 0.3 is 18.1 Å². The minimum Gasteiger partial charge on any atom is -0.478 e. The van der Waals surface area contributed by atoms with Crippen molar-refractivity contribution >= 4 is 18.1 Å². The number of carboxylic acids is 2. The predicted octanol–water partition coefficient (Wildman–Crippen LogP) is -0.362. The lowest BCUT2D eigenvalue weighted by Gasteiger charge is -1.78. The number of cyclic esters (lactones) is 2. The summed E-state index contributed by atoms with van der Waals surface area (Å²) in [6.45, 7) is 6.50.